The van der Waals surface area contributed by atoms with Crippen molar-refractivity contribution in [3.63, 3.8) is 0 Å². The van der Waals surface area contributed by atoms with Crippen LogP contribution >= 0.6 is 21.6 Å². The summed E-state index contributed by atoms with van der Waals surface area (Å²) in [5.41, 5.74) is 0. The molecule has 12 heteroatoms. The van der Waals surface area contributed by atoms with Gasteiger partial charge in [0.05, 0.1) is 38.1 Å². The SMILES string of the molecule is O=C(CCO[C@H]1CSSC[C@@H]1OCCC(=O)NCCCn1ccnc1)NCCCn1ccnc1. The van der Waals surface area contributed by atoms with Gasteiger partial charge in [-0.25, -0.2) is 9.97 Å². The van der Waals surface area contributed by atoms with Gasteiger partial charge >= 0.3 is 0 Å². The maximum absolute atomic E-state index is 12.0. The smallest absolute Gasteiger partial charge is 0.222 e. The van der Waals surface area contributed by atoms with Gasteiger partial charge in [0.25, 0.3) is 0 Å². The number of amides is 2. The summed E-state index contributed by atoms with van der Waals surface area (Å²) < 4.78 is 15.9. The van der Waals surface area contributed by atoms with Gasteiger partial charge in [0.1, 0.15) is 0 Å². The molecule has 2 N–H and O–H groups in total. The molecule has 0 aliphatic carbocycles. The molecule has 0 bridgehead atoms. The lowest BCUT2D eigenvalue weighted by atomic mass is 10.2. The van der Waals surface area contributed by atoms with Gasteiger partial charge in [0.15, 0.2) is 0 Å². The van der Waals surface area contributed by atoms with Crippen LogP contribution in [0, 0.1) is 0 Å². The van der Waals surface area contributed by atoms with Crippen molar-refractivity contribution in [1.82, 2.24) is 29.7 Å². The fourth-order valence-electron chi connectivity index (χ4n) is 3.36. The van der Waals surface area contributed by atoms with E-state index in [2.05, 4.69) is 20.6 Å². The largest absolute Gasteiger partial charge is 0.374 e. The van der Waals surface area contributed by atoms with Crippen molar-refractivity contribution in [2.75, 3.05) is 37.8 Å². The number of aromatic nitrogens is 4. The normalized spacial score (nSPS) is 18.0. The molecule has 0 aromatic carbocycles. The molecular formula is C22H34N6O4S2. The molecule has 1 aliphatic heterocycles. The first-order chi connectivity index (χ1) is 16.7. The Morgan fingerprint density at radius 1 is 0.824 bits per heavy atom. The Balaban J connectivity index is 1.21. The Kier molecular flexibility index (Phi) is 12.4. The third kappa shape index (κ3) is 10.5. The second-order valence-electron chi connectivity index (χ2n) is 7.90. The zero-order valence-corrected chi connectivity index (χ0v) is 21.0. The fraction of sp³-hybridized carbons (Fsp3) is 0.636. The standard InChI is InChI=1S/C22H34N6O4S2/c29-21(25-5-1-9-27-11-7-23-17-27)3-13-31-19-15-33-34-16-20(19)32-14-4-22(30)26-6-2-10-28-12-8-24-18-28/h7-8,11-12,17-20H,1-6,9-10,13-16H2,(H,25,29)(H,26,30)/t19-,20-/m0/s1. The summed E-state index contributed by atoms with van der Waals surface area (Å²) in [4.78, 5) is 32.1. The highest BCUT2D eigenvalue weighted by atomic mass is 33.1. The number of hydrogen-bond donors (Lipinski definition) is 2. The number of hydrogen-bond acceptors (Lipinski definition) is 8. The highest BCUT2D eigenvalue weighted by Gasteiger charge is 2.28. The lowest BCUT2D eigenvalue weighted by Gasteiger charge is -2.30. The predicted molar refractivity (Wildman–Crippen MR) is 133 cm³/mol. The van der Waals surface area contributed by atoms with Crippen molar-refractivity contribution in [3.8, 4) is 0 Å². The van der Waals surface area contributed by atoms with Gasteiger partial charge in [-0.2, -0.15) is 0 Å². The summed E-state index contributed by atoms with van der Waals surface area (Å²) in [5, 5.41) is 5.85. The van der Waals surface area contributed by atoms with Crippen LogP contribution in [-0.4, -0.2) is 80.9 Å². The molecule has 10 nitrogen and oxygen atoms in total. The molecule has 2 atom stereocenters. The van der Waals surface area contributed by atoms with E-state index in [9.17, 15) is 9.59 Å². The Bertz CT molecular complexity index is 753. The Morgan fingerprint density at radius 2 is 1.29 bits per heavy atom. The molecule has 1 saturated heterocycles. The van der Waals surface area contributed by atoms with E-state index in [1.54, 1.807) is 46.6 Å². The van der Waals surface area contributed by atoms with Crippen molar-refractivity contribution < 1.29 is 19.1 Å². The van der Waals surface area contributed by atoms with E-state index in [1.807, 2.05) is 21.5 Å². The number of nitrogens with zero attached hydrogens (tertiary/aromatic N) is 4. The van der Waals surface area contributed by atoms with Gasteiger partial charge in [0.2, 0.25) is 11.8 Å². The Hall–Kier alpha value is -2.02. The van der Waals surface area contributed by atoms with Crippen LogP contribution in [0.1, 0.15) is 25.7 Å². The maximum atomic E-state index is 12.0. The van der Waals surface area contributed by atoms with E-state index < -0.39 is 0 Å². The molecule has 0 saturated carbocycles. The van der Waals surface area contributed by atoms with Crippen molar-refractivity contribution in [3.05, 3.63) is 37.4 Å². The second kappa shape index (κ2) is 15.8. The summed E-state index contributed by atoms with van der Waals surface area (Å²) in [7, 11) is 3.50. The molecule has 188 valence electrons. The van der Waals surface area contributed by atoms with Crippen LogP contribution in [0.25, 0.3) is 0 Å². The molecule has 2 aromatic rings. The minimum absolute atomic E-state index is 0.00866. The van der Waals surface area contributed by atoms with Crippen molar-refractivity contribution in [2.24, 2.45) is 0 Å². The molecule has 2 amide bonds. The molecule has 34 heavy (non-hydrogen) atoms. The minimum Gasteiger partial charge on any atom is -0.374 e. The molecule has 0 unspecified atom stereocenters. The van der Waals surface area contributed by atoms with Crippen LogP contribution < -0.4 is 10.6 Å². The highest BCUT2D eigenvalue weighted by Crippen LogP contribution is 2.32. The van der Waals surface area contributed by atoms with Crippen molar-refractivity contribution in [2.45, 2.75) is 51.0 Å². The molecule has 0 radical (unpaired) electrons. The van der Waals surface area contributed by atoms with Crippen LogP contribution in [-0.2, 0) is 32.2 Å². The summed E-state index contributed by atoms with van der Waals surface area (Å²) >= 11 is 0. The van der Waals surface area contributed by atoms with Gasteiger partial charge in [0, 0.05) is 75.3 Å². The quantitative estimate of drug-likeness (QED) is 0.259. The number of carbonyl (C=O) groups excluding carboxylic acids is 2. The number of aryl methyl sites for hydroxylation is 2. The zero-order valence-electron chi connectivity index (χ0n) is 19.3. The summed E-state index contributed by atoms with van der Waals surface area (Å²) in [6.07, 6.45) is 13.1. The first-order valence-corrected chi connectivity index (χ1v) is 14.1. The number of nitrogens with one attached hydrogen (secondary N) is 2. The maximum Gasteiger partial charge on any atom is 0.222 e. The third-order valence-corrected chi connectivity index (χ3v) is 7.65. The van der Waals surface area contributed by atoms with E-state index in [4.69, 9.17) is 9.47 Å². The number of imidazole rings is 2. The van der Waals surface area contributed by atoms with E-state index in [0.29, 0.717) is 39.1 Å². The van der Waals surface area contributed by atoms with Crippen LogP contribution in [0.4, 0.5) is 0 Å². The first kappa shape index (κ1) is 26.6. The van der Waals surface area contributed by atoms with E-state index in [1.165, 1.54) is 0 Å². The van der Waals surface area contributed by atoms with Gasteiger partial charge in [-0.05, 0) is 12.8 Å². The summed E-state index contributed by atoms with van der Waals surface area (Å²) in [6.45, 7) is 3.64. The van der Waals surface area contributed by atoms with E-state index in [0.717, 1.165) is 37.4 Å². The second-order valence-corrected chi connectivity index (χ2v) is 10.4. The van der Waals surface area contributed by atoms with Crippen molar-refractivity contribution in [1.29, 1.82) is 0 Å². The third-order valence-electron chi connectivity index (χ3n) is 5.23. The van der Waals surface area contributed by atoms with Crippen LogP contribution in [0.3, 0.4) is 0 Å². The molecule has 1 aliphatic rings. The van der Waals surface area contributed by atoms with Crippen molar-refractivity contribution >= 4 is 33.4 Å². The topological polar surface area (TPSA) is 112 Å². The number of ether oxygens (including phenoxy) is 2. The summed E-state index contributed by atoms with van der Waals surface area (Å²) in [5.74, 6) is 1.60. The molecule has 0 spiro atoms. The van der Waals surface area contributed by atoms with Crippen LogP contribution in [0.2, 0.25) is 0 Å². The van der Waals surface area contributed by atoms with E-state index >= 15 is 0 Å². The zero-order chi connectivity index (χ0) is 23.8. The minimum atomic E-state index is -0.0708. The number of rotatable bonds is 16. The monoisotopic (exact) mass is 510 g/mol. The first-order valence-electron chi connectivity index (χ1n) is 11.6. The molecular weight excluding hydrogens is 476 g/mol. The lowest BCUT2D eigenvalue weighted by molar-refractivity contribution is -0.126. The van der Waals surface area contributed by atoms with Gasteiger partial charge in [-0.15, -0.1) is 0 Å². The van der Waals surface area contributed by atoms with Gasteiger partial charge in [-0.1, -0.05) is 21.6 Å². The number of carbonyl (C=O) groups is 2. The molecule has 2 aromatic heterocycles. The summed E-state index contributed by atoms with van der Waals surface area (Å²) in [6, 6.07) is 0. The average molecular weight is 511 g/mol. The molecule has 1 fully saturated rings. The lowest BCUT2D eigenvalue weighted by Crippen LogP contribution is -2.39. The Morgan fingerprint density at radius 3 is 1.71 bits per heavy atom. The Labute approximate surface area is 208 Å². The van der Waals surface area contributed by atoms with E-state index in [-0.39, 0.29) is 24.0 Å². The fourth-order valence-corrected chi connectivity index (χ4v) is 5.82. The van der Waals surface area contributed by atoms with Gasteiger partial charge < -0.3 is 29.2 Å². The van der Waals surface area contributed by atoms with Crippen LogP contribution in [0.15, 0.2) is 37.4 Å². The highest BCUT2D eigenvalue weighted by molar-refractivity contribution is 8.76. The molecule has 3 heterocycles. The predicted octanol–water partition coefficient (Wildman–Crippen LogP) is 1.74. The van der Waals surface area contributed by atoms with Gasteiger partial charge in [-0.3, -0.25) is 9.59 Å². The average Bonchev–Trinajstić information content (AvgIpc) is 3.55. The van der Waals surface area contributed by atoms with Crippen LogP contribution in [0.5, 0.6) is 0 Å². The molecule has 3 rings (SSSR count).